The molecule has 4 N–H and O–H groups in total. The number of fused-ring (bicyclic) bond motifs is 1. The number of hydrogen-bond donors (Lipinski definition) is 4. The van der Waals surface area contributed by atoms with Crippen molar-refractivity contribution in [2.75, 3.05) is 13.2 Å². The summed E-state index contributed by atoms with van der Waals surface area (Å²) < 4.78 is 11.1. The Kier molecular flexibility index (Phi) is 3.78. The predicted octanol–water partition coefficient (Wildman–Crippen LogP) is -1.99. The molecule has 16 heavy (non-hydrogen) atoms. The predicted molar refractivity (Wildman–Crippen MR) is 52.7 cm³/mol. The number of ether oxygens (including phenoxy) is 2. The monoisotopic (exact) mass is 234 g/mol. The number of rotatable bonds is 4. The first-order valence-corrected chi connectivity index (χ1v) is 5.54. The quantitative estimate of drug-likeness (QED) is 0.449. The first-order valence-electron chi connectivity index (χ1n) is 5.54. The highest BCUT2D eigenvalue weighted by Crippen LogP contribution is 2.36. The van der Waals surface area contributed by atoms with Crippen molar-refractivity contribution >= 4 is 0 Å². The Morgan fingerprint density at radius 2 is 1.25 bits per heavy atom. The molecule has 0 radical (unpaired) electrons. The van der Waals surface area contributed by atoms with Crippen LogP contribution in [0, 0.1) is 0 Å². The Balaban J connectivity index is 1.86. The lowest BCUT2D eigenvalue weighted by atomic mass is 10.1. The van der Waals surface area contributed by atoms with E-state index in [1.54, 1.807) is 0 Å². The second kappa shape index (κ2) is 4.95. The Hall–Kier alpha value is -0.240. The van der Waals surface area contributed by atoms with Gasteiger partial charge in [0.1, 0.15) is 12.2 Å². The largest absolute Gasteiger partial charge is 0.394 e. The van der Waals surface area contributed by atoms with Crippen LogP contribution in [0.3, 0.4) is 0 Å². The summed E-state index contributed by atoms with van der Waals surface area (Å²) in [5.41, 5.74) is 0. The molecule has 0 spiro atoms. The van der Waals surface area contributed by atoms with E-state index in [4.69, 9.17) is 19.7 Å². The molecule has 0 unspecified atom stereocenters. The molecule has 6 heteroatoms. The highest BCUT2D eigenvalue weighted by atomic mass is 16.6. The van der Waals surface area contributed by atoms with Crippen LogP contribution in [0.2, 0.25) is 0 Å². The second-order valence-electron chi connectivity index (χ2n) is 4.40. The summed E-state index contributed by atoms with van der Waals surface area (Å²) in [4.78, 5) is 0. The lowest BCUT2D eigenvalue weighted by Gasteiger charge is -2.20. The summed E-state index contributed by atoms with van der Waals surface area (Å²) in [6.07, 6.45) is -1.83. The average Bonchev–Trinajstić information content (AvgIpc) is 2.84. The van der Waals surface area contributed by atoms with Crippen molar-refractivity contribution in [3.8, 4) is 0 Å². The summed E-state index contributed by atoms with van der Waals surface area (Å²) >= 11 is 0. The van der Waals surface area contributed by atoms with Gasteiger partial charge in [0, 0.05) is 12.8 Å². The summed E-state index contributed by atoms with van der Waals surface area (Å²) in [5.74, 6) is 0. The van der Waals surface area contributed by atoms with Gasteiger partial charge in [-0.05, 0) is 0 Å². The van der Waals surface area contributed by atoms with Gasteiger partial charge in [0.15, 0.2) is 0 Å². The number of aliphatic hydroxyl groups is 4. The third kappa shape index (κ3) is 2.22. The van der Waals surface area contributed by atoms with Gasteiger partial charge in [-0.1, -0.05) is 0 Å². The van der Waals surface area contributed by atoms with Gasteiger partial charge in [0.25, 0.3) is 0 Å². The lowest BCUT2D eigenvalue weighted by molar-refractivity contribution is -0.0664. The van der Waals surface area contributed by atoms with Gasteiger partial charge in [0.2, 0.25) is 0 Å². The molecule has 2 aliphatic heterocycles. The van der Waals surface area contributed by atoms with Gasteiger partial charge < -0.3 is 29.9 Å². The van der Waals surface area contributed by atoms with Gasteiger partial charge in [-0.15, -0.1) is 0 Å². The van der Waals surface area contributed by atoms with E-state index in [9.17, 15) is 10.2 Å². The Morgan fingerprint density at radius 3 is 1.56 bits per heavy atom. The van der Waals surface area contributed by atoms with Crippen molar-refractivity contribution in [2.45, 2.75) is 49.5 Å². The molecule has 0 saturated carbocycles. The van der Waals surface area contributed by atoms with E-state index in [0.29, 0.717) is 12.8 Å². The second-order valence-corrected chi connectivity index (χ2v) is 4.40. The van der Waals surface area contributed by atoms with E-state index < -0.39 is 24.4 Å². The van der Waals surface area contributed by atoms with Crippen molar-refractivity contribution in [1.82, 2.24) is 0 Å². The molecular weight excluding hydrogens is 216 g/mol. The molecule has 0 aliphatic carbocycles. The molecule has 2 fully saturated rings. The van der Waals surface area contributed by atoms with E-state index >= 15 is 0 Å². The van der Waals surface area contributed by atoms with Crippen LogP contribution in [0.1, 0.15) is 12.8 Å². The minimum Gasteiger partial charge on any atom is -0.394 e. The molecule has 2 heterocycles. The first kappa shape index (κ1) is 12.2. The maximum absolute atomic E-state index is 9.41. The van der Waals surface area contributed by atoms with Crippen LogP contribution in [0.15, 0.2) is 0 Å². The van der Waals surface area contributed by atoms with Gasteiger partial charge in [-0.3, -0.25) is 0 Å². The van der Waals surface area contributed by atoms with Crippen molar-refractivity contribution in [1.29, 1.82) is 0 Å². The molecule has 94 valence electrons. The molecule has 0 aromatic heterocycles. The zero-order chi connectivity index (χ0) is 11.7. The fraction of sp³-hybridized carbons (Fsp3) is 1.00. The molecule has 0 aromatic carbocycles. The zero-order valence-corrected chi connectivity index (χ0v) is 8.90. The minimum absolute atomic E-state index is 0.155. The van der Waals surface area contributed by atoms with E-state index in [2.05, 4.69) is 0 Å². The normalized spacial score (nSPS) is 42.0. The van der Waals surface area contributed by atoms with Gasteiger partial charge in [-0.2, -0.15) is 0 Å². The van der Waals surface area contributed by atoms with E-state index in [0.717, 1.165) is 0 Å². The van der Waals surface area contributed by atoms with Crippen molar-refractivity contribution in [2.24, 2.45) is 0 Å². The molecule has 0 bridgehead atoms. The smallest absolute Gasteiger partial charge is 0.103 e. The van der Waals surface area contributed by atoms with E-state index in [1.807, 2.05) is 0 Å². The van der Waals surface area contributed by atoms with Crippen LogP contribution in [0.4, 0.5) is 0 Å². The zero-order valence-electron chi connectivity index (χ0n) is 8.90. The molecule has 0 amide bonds. The fourth-order valence-electron chi connectivity index (χ4n) is 2.34. The van der Waals surface area contributed by atoms with Gasteiger partial charge in [-0.25, -0.2) is 0 Å². The molecule has 6 atom stereocenters. The number of hydrogen-bond acceptors (Lipinski definition) is 6. The molecule has 2 aliphatic rings. The SMILES string of the molecule is OC[C@@H](O)[C@@H]1C[C@H]2O[C@H]([C@H](O)CO)C[C@H]2O1. The molecule has 6 nitrogen and oxygen atoms in total. The summed E-state index contributed by atoms with van der Waals surface area (Å²) in [5, 5.41) is 36.4. The van der Waals surface area contributed by atoms with Crippen molar-refractivity contribution in [3.63, 3.8) is 0 Å². The first-order chi connectivity index (χ1) is 7.65. The topological polar surface area (TPSA) is 99.4 Å². The van der Waals surface area contributed by atoms with Crippen LogP contribution in [0.5, 0.6) is 0 Å². The van der Waals surface area contributed by atoms with E-state index in [1.165, 1.54) is 0 Å². The van der Waals surface area contributed by atoms with Gasteiger partial charge >= 0.3 is 0 Å². The van der Waals surface area contributed by atoms with Gasteiger partial charge in [0.05, 0.1) is 37.6 Å². The summed E-state index contributed by atoms with van der Waals surface area (Å²) in [6, 6.07) is 0. The Morgan fingerprint density at radius 1 is 0.875 bits per heavy atom. The van der Waals surface area contributed by atoms with Crippen LogP contribution in [-0.4, -0.2) is 70.3 Å². The third-order valence-corrected chi connectivity index (χ3v) is 3.28. The van der Waals surface area contributed by atoms with Crippen molar-refractivity contribution < 1.29 is 29.9 Å². The summed E-state index contributed by atoms with van der Waals surface area (Å²) in [7, 11) is 0. The molecular formula is C10H18O6. The fourth-order valence-corrected chi connectivity index (χ4v) is 2.34. The standard InChI is InChI=1S/C10H18O6/c11-3-5(13)7-1-9-10(15-7)2-8(16-9)6(14)4-12/h5-14H,1-4H2/t5-,6-,7+,8+,9-,10-/m1/s1. The van der Waals surface area contributed by atoms with Crippen LogP contribution in [0.25, 0.3) is 0 Å². The van der Waals surface area contributed by atoms with Crippen LogP contribution >= 0.6 is 0 Å². The highest BCUT2D eigenvalue weighted by molar-refractivity contribution is 4.94. The molecule has 2 rings (SSSR count). The highest BCUT2D eigenvalue weighted by Gasteiger charge is 2.47. The molecule has 2 saturated heterocycles. The number of aliphatic hydroxyl groups excluding tert-OH is 4. The van der Waals surface area contributed by atoms with E-state index in [-0.39, 0.29) is 25.4 Å². The Labute approximate surface area is 93.4 Å². The maximum atomic E-state index is 9.41. The lowest BCUT2D eigenvalue weighted by Crippen LogP contribution is -2.33. The van der Waals surface area contributed by atoms with Crippen LogP contribution in [-0.2, 0) is 9.47 Å². The average molecular weight is 234 g/mol. The summed E-state index contributed by atoms with van der Waals surface area (Å²) in [6.45, 7) is -0.653. The van der Waals surface area contributed by atoms with Crippen molar-refractivity contribution in [3.05, 3.63) is 0 Å². The molecule has 0 aromatic rings. The Bertz CT molecular complexity index is 199. The minimum atomic E-state index is -0.879. The third-order valence-electron chi connectivity index (χ3n) is 3.28. The maximum Gasteiger partial charge on any atom is 0.103 e. The van der Waals surface area contributed by atoms with Crippen LogP contribution < -0.4 is 0 Å².